The molecule has 0 saturated heterocycles. The maximum Gasteiger partial charge on any atom is 0.265 e. The summed E-state index contributed by atoms with van der Waals surface area (Å²) in [6.07, 6.45) is 0. The van der Waals surface area contributed by atoms with Crippen LogP contribution in [0, 0.1) is 11.6 Å². The van der Waals surface area contributed by atoms with Crippen LogP contribution in [0.1, 0.15) is 18.8 Å². The highest BCUT2D eigenvalue weighted by Crippen LogP contribution is 2.37. The molecular formula is C21H19F2N5O3S. The molecule has 1 aliphatic rings. The number of nitrogens with one attached hydrogen (secondary N) is 1. The van der Waals surface area contributed by atoms with Crippen LogP contribution in [-0.4, -0.2) is 38.9 Å². The molecule has 3 aromatic rings. The minimum absolute atomic E-state index is 0.0590. The normalized spacial score (nSPS) is 14.0. The zero-order valence-electron chi connectivity index (χ0n) is 17.2. The van der Waals surface area contributed by atoms with Crippen molar-refractivity contribution in [3.05, 3.63) is 59.9 Å². The highest BCUT2D eigenvalue weighted by atomic mass is 32.2. The van der Waals surface area contributed by atoms with Gasteiger partial charge in [-0.25, -0.2) is 8.78 Å². The maximum atomic E-state index is 13.7. The molecule has 0 spiro atoms. The van der Waals surface area contributed by atoms with Crippen LogP contribution >= 0.6 is 11.8 Å². The molecule has 2 aromatic carbocycles. The number of hydrogen-bond acceptors (Lipinski definition) is 6. The summed E-state index contributed by atoms with van der Waals surface area (Å²) in [5.41, 5.74) is 0.544. The first kappa shape index (κ1) is 21.8. The van der Waals surface area contributed by atoms with Gasteiger partial charge in [-0.05, 0) is 31.2 Å². The van der Waals surface area contributed by atoms with Crippen molar-refractivity contribution in [3.63, 3.8) is 0 Å². The predicted molar refractivity (Wildman–Crippen MR) is 115 cm³/mol. The van der Waals surface area contributed by atoms with E-state index in [1.54, 1.807) is 28.6 Å². The lowest BCUT2D eigenvalue weighted by molar-refractivity contribution is -0.121. The summed E-state index contributed by atoms with van der Waals surface area (Å²) in [4.78, 5) is 26.4. The highest BCUT2D eigenvalue weighted by molar-refractivity contribution is 7.99. The lowest BCUT2D eigenvalue weighted by Crippen LogP contribution is -2.41. The number of thioether (sulfide) groups is 1. The first-order valence-electron chi connectivity index (χ1n) is 9.66. The fraction of sp³-hybridized carbons (Fsp3) is 0.238. The largest absolute Gasteiger partial charge is 0.482 e. The van der Waals surface area contributed by atoms with Gasteiger partial charge in [0.2, 0.25) is 5.91 Å². The van der Waals surface area contributed by atoms with Crippen LogP contribution in [-0.2, 0) is 16.6 Å². The van der Waals surface area contributed by atoms with Crippen molar-refractivity contribution in [3.8, 4) is 5.75 Å². The van der Waals surface area contributed by atoms with Crippen molar-refractivity contribution in [1.29, 1.82) is 0 Å². The second kappa shape index (κ2) is 8.95. The van der Waals surface area contributed by atoms with Crippen molar-refractivity contribution in [2.75, 3.05) is 22.6 Å². The summed E-state index contributed by atoms with van der Waals surface area (Å²) in [5, 5.41) is 11.2. The molecule has 1 unspecified atom stereocenters. The fourth-order valence-electron chi connectivity index (χ4n) is 3.38. The Morgan fingerprint density at radius 2 is 2.03 bits per heavy atom. The van der Waals surface area contributed by atoms with E-state index in [4.69, 9.17) is 4.74 Å². The number of ether oxygens (including phenoxy) is 1. The van der Waals surface area contributed by atoms with E-state index in [0.717, 1.165) is 23.9 Å². The van der Waals surface area contributed by atoms with E-state index in [1.807, 2.05) is 19.1 Å². The Morgan fingerprint density at radius 3 is 2.81 bits per heavy atom. The molecule has 166 valence electrons. The van der Waals surface area contributed by atoms with Gasteiger partial charge in [0, 0.05) is 13.1 Å². The summed E-state index contributed by atoms with van der Waals surface area (Å²) >= 11 is 1.11. The van der Waals surface area contributed by atoms with Gasteiger partial charge < -0.3 is 14.6 Å². The number of nitrogens with zero attached hydrogens (tertiary/aromatic N) is 4. The number of carbonyl (C=O) groups excluding carboxylic acids is 2. The molecule has 4 rings (SSSR count). The third-order valence-corrected chi connectivity index (χ3v) is 5.93. The first-order valence-corrected chi connectivity index (χ1v) is 10.6. The molecule has 1 aromatic heterocycles. The van der Waals surface area contributed by atoms with Gasteiger partial charge in [-0.1, -0.05) is 23.9 Å². The number of rotatable bonds is 6. The molecule has 11 heteroatoms. The minimum atomic E-state index is -0.853. The summed E-state index contributed by atoms with van der Waals surface area (Å²) < 4.78 is 33.9. The summed E-state index contributed by atoms with van der Waals surface area (Å²) in [7, 11) is 1.74. The van der Waals surface area contributed by atoms with E-state index < -0.39 is 23.6 Å². The van der Waals surface area contributed by atoms with Crippen LogP contribution in [0.2, 0.25) is 0 Å². The average molecular weight is 459 g/mol. The zero-order valence-corrected chi connectivity index (χ0v) is 18.0. The molecule has 1 N–H and O–H groups in total. The van der Waals surface area contributed by atoms with Crippen molar-refractivity contribution in [2.24, 2.45) is 7.05 Å². The molecule has 0 saturated carbocycles. The molecule has 0 aliphatic carbocycles. The van der Waals surface area contributed by atoms with Crippen molar-refractivity contribution in [1.82, 2.24) is 14.8 Å². The topological polar surface area (TPSA) is 89.4 Å². The van der Waals surface area contributed by atoms with Crippen LogP contribution < -0.4 is 15.0 Å². The zero-order chi connectivity index (χ0) is 22.8. The Balaban J connectivity index is 1.45. The Labute approximate surface area is 186 Å². The van der Waals surface area contributed by atoms with Gasteiger partial charge in [0.25, 0.3) is 5.91 Å². The van der Waals surface area contributed by atoms with Gasteiger partial charge in [0.15, 0.2) is 17.6 Å². The number of halogens is 2. The summed E-state index contributed by atoms with van der Waals surface area (Å²) in [5.74, 6) is -1.17. The second-order valence-electron chi connectivity index (χ2n) is 7.06. The Kier molecular flexibility index (Phi) is 6.08. The number of carbonyl (C=O) groups is 2. The third kappa shape index (κ3) is 4.28. The first-order chi connectivity index (χ1) is 15.3. The second-order valence-corrected chi connectivity index (χ2v) is 8.00. The predicted octanol–water partition coefficient (Wildman–Crippen LogP) is 3.31. The molecule has 0 fully saturated rings. The molecule has 32 heavy (non-hydrogen) atoms. The summed E-state index contributed by atoms with van der Waals surface area (Å²) in [6.45, 7) is 1.77. The molecule has 1 aliphatic heterocycles. The monoisotopic (exact) mass is 459 g/mol. The SMILES string of the molecule is CC(c1nnc(SCC(=O)Nc2ccc(F)cc2F)n1C)N1C(=O)COc2ccccc21. The number of anilines is 2. The molecule has 8 nitrogen and oxygen atoms in total. The Hall–Kier alpha value is -3.47. The average Bonchev–Trinajstić information content (AvgIpc) is 3.14. The van der Waals surface area contributed by atoms with E-state index in [1.165, 1.54) is 0 Å². The number of para-hydroxylation sites is 2. The lowest BCUT2D eigenvalue weighted by Gasteiger charge is -2.33. The number of benzene rings is 2. The maximum absolute atomic E-state index is 13.7. The van der Waals surface area contributed by atoms with E-state index in [0.29, 0.717) is 28.5 Å². The Morgan fingerprint density at radius 1 is 1.25 bits per heavy atom. The summed E-state index contributed by atoms with van der Waals surface area (Å²) in [6, 6.07) is 9.74. The van der Waals surface area contributed by atoms with Crippen molar-refractivity contribution in [2.45, 2.75) is 18.1 Å². The van der Waals surface area contributed by atoms with E-state index >= 15 is 0 Å². The van der Waals surface area contributed by atoms with Gasteiger partial charge in [0.1, 0.15) is 17.4 Å². The molecule has 0 radical (unpaired) electrons. The van der Waals surface area contributed by atoms with E-state index in [-0.39, 0.29) is 24.0 Å². The van der Waals surface area contributed by atoms with Crippen molar-refractivity contribution >= 4 is 35.0 Å². The van der Waals surface area contributed by atoms with Crippen LogP contribution in [0.3, 0.4) is 0 Å². The molecule has 2 amide bonds. The third-order valence-electron chi connectivity index (χ3n) is 4.91. The van der Waals surface area contributed by atoms with Gasteiger partial charge in [0.05, 0.1) is 23.2 Å². The quantitative estimate of drug-likeness (QED) is 0.569. The van der Waals surface area contributed by atoms with Crippen molar-refractivity contribution < 1.29 is 23.1 Å². The van der Waals surface area contributed by atoms with Gasteiger partial charge >= 0.3 is 0 Å². The highest BCUT2D eigenvalue weighted by Gasteiger charge is 2.32. The molecular weight excluding hydrogens is 440 g/mol. The van der Waals surface area contributed by atoms with Gasteiger partial charge in [-0.15, -0.1) is 10.2 Å². The fourth-order valence-corrected chi connectivity index (χ4v) is 4.10. The van der Waals surface area contributed by atoms with E-state index in [9.17, 15) is 18.4 Å². The minimum Gasteiger partial charge on any atom is -0.482 e. The number of fused-ring (bicyclic) bond motifs is 1. The van der Waals surface area contributed by atoms with Crippen LogP contribution in [0.4, 0.5) is 20.2 Å². The smallest absolute Gasteiger partial charge is 0.265 e. The van der Waals surface area contributed by atoms with Gasteiger partial charge in [-0.3, -0.25) is 14.5 Å². The Bertz CT molecular complexity index is 1190. The molecule has 0 bridgehead atoms. The number of amides is 2. The number of aromatic nitrogens is 3. The van der Waals surface area contributed by atoms with Crippen LogP contribution in [0.25, 0.3) is 0 Å². The molecule has 2 heterocycles. The lowest BCUT2D eigenvalue weighted by atomic mass is 10.1. The van der Waals surface area contributed by atoms with E-state index in [2.05, 4.69) is 15.5 Å². The van der Waals surface area contributed by atoms with Crippen LogP contribution in [0.5, 0.6) is 5.75 Å². The molecule has 1 atom stereocenters. The van der Waals surface area contributed by atoms with Crippen LogP contribution in [0.15, 0.2) is 47.6 Å². The van der Waals surface area contributed by atoms with Gasteiger partial charge in [-0.2, -0.15) is 0 Å². The number of hydrogen-bond donors (Lipinski definition) is 1. The standard InChI is InChI=1S/C21H19F2N5O3S/c1-12(28-16-5-3-4-6-17(16)31-10-19(28)30)20-25-26-21(27(20)2)32-11-18(29)24-15-8-7-13(22)9-14(15)23/h3-9,12H,10-11H2,1-2H3,(H,24,29).